The Labute approximate surface area is 103 Å². The van der Waals surface area contributed by atoms with E-state index in [0.717, 1.165) is 11.0 Å². The zero-order valence-electron chi connectivity index (χ0n) is 8.70. The first-order valence-corrected chi connectivity index (χ1v) is 5.37. The Hall–Kier alpha value is -2.63. The second-order valence-corrected chi connectivity index (χ2v) is 3.78. The predicted octanol–water partition coefficient (Wildman–Crippen LogP) is -1.01. The van der Waals surface area contributed by atoms with Crippen LogP contribution in [0.3, 0.4) is 0 Å². The molecule has 0 aromatic carbocycles. The third-order valence-corrected chi connectivity index (χ3v) is 2.26. The van der Waals surface area contributed by atoms with E-state index < -0.39 is 5.03 Å². The summed E-state index contributed by atoms with van der Waals surface area (Å²) in [6.07, 6.45) is 2.32. The lowest BCUT2D eigenvalue weighted by atomic mass is 10.6. The van der Waals surface area contributed by atoms with E-state index in [1.807, 2.05) is 0 Å². The molecule has 2 aromatic heterocycles. The van der Waals surface area contributed by atoms with E-state index in [1.165, 1.54) is 27.9 Å². The summed E-state index contributed by atoms with van der Waals surface area (Å²) in [5.74, 6) is -0.372. The van der Waals surface area contributed by atoms with Crippen molar-refractivity contribution in [2.24, 2.45) is 0 Å². The van der Waals surface area contributed by atoms with Gasteiger partial charge in [0.1, 0.15) is 10.6 Å². The highest BCUT2D eigenvalue weighted by molar-refractivity contribution is 7.13. The summed E-state index contributed by atoms with van der Waals surface area (Å²) in [6.45, 7) is -0.111. The molecule has 0 saturated carbocycles. The fraction of sp³-hybridized carbons (Fsp3) is 0.167. The number of nitro groups is 1. The van der Waals surface area contributed by atoms with Crippen LogP contribution in [0.25, 0.3) is 5.53 Å². The Bertz CT molecular complexity index is 551. The third kappa shape index (κ3) is 3.18. The molecular weight excluding hydrogens is 264 g/mol. The highest BCUT2D eigenvalue weighted by Gasteiger charge is 2.14. The van der Waals surface area contributed by atoms with Gasteiger partial charge in [0, 0.05) is 0 Å². The van der Waals surface area contributed by atoms with Gasteiger partial charge in [-0.2, -0.15) is 0 Å². The van der Waals surface area contributed by atoms with Crippen LogP contribution in [0.1, 0.15) is 0 Å². The summed E-state index contributed by atoms with van der Waals surface area (Å²) in [7, 11) is 0. The molecule has 1 N–H and O–H groups in total. The number of carbonyl (C=O) groups excluding carboxylic acids is 1. The molecule has 2 aromatic rings. The van der Waals surface area contributed by atoms with Gasteiger partial charge in [-0.05, 0) is 4.68 Å². The van der Waals surface area contributed by atoms with Crippen LogP contribution in [0.15, 0.2) is 18.2 Å². The number of nitrogens with one attached hydrogen (secondary N) is 1. The van der Waals surface area contributed by atoms with Gasteiger partial charge in [-0.15, -0.1) is 15.2 Å². The Morgan fingerprint density at radius 2 is 2.56 bits per heavy atom. The van der Waals surface area contributed by atoms with Gasteiger partial charge >= 0.3 is 6.33 Å². The van der Waals surface area contributed by atoms with E-state index >= 15 is 0 Å². The number of amides is 1. The largest absolute Gasteiger partial charge is 0.373 e. The van der Waals surface area contributed by atoms with Crippen LogP contribution in [0.4, 0.5) is 5.13 Å². The van der Waals surface area contributed by atoms with E-state index in [2.05, 4.69) is 26.1 Å². The first kappa shape index (κ1) is 11.8. The molecule has 0 aliphatic heterocycles. The molecule has 0 fully saturated rings. The van der Waals surface area contributed by atoms with Crippen molar-refractivity contribution in [3.05, 3.63) is 33.8 Å². The van der Waals surface area contributed by atoms with Crippen LogP contribution in [-0.2, 0) is 11.3 Å². The average molecular weight is 270 g/mol. The van der Waals surface area contributed by atoms with Crippen LogP contribution in [0, 0.1) is 10.1 Å². The summed E-state index contributed by atoms with van der Waals surface area (Å²) in [5.41, 5.74) is 4.45. The molecule has 94 valence electrons. The first-order chi connectivity index (χ1) is 8.63. The Morgan fingerprint density at radius 1 is 1.72 bits per heavy atom. The number of nitrogens with zero attached hydrogens (tertiary/aromatic N) is 7. The zero-order valence-corrected chi connectivity index (χ0v) is 9.52. The molecule has 0 spiro atoms. The monoisotopic (exact) mass is 270 g/mol. The topological polar surface area (TPSA) is 134 Å². The lowest BCUT2D eigenvalue weighted by Gasteiger charge is -2.07. The van der Waals surface area contributed by atoms with Crippen molar-refractivity contribution in [1.29, 1.82) is 0 Å². The van der Waals surface area contributed by atoms with Crippen molar-refractivity contribution < 1.29 is 14.5 Å². The molecule has 12 heteroatoms. The minimum Gasteiger partial charge on any atom is -0.373 e. The molecular formula is C6H6N8O3S. The number of hydrogen-bond acceptors (Lipinski definition) is 7. The SMILES string of the molecule is O=C(Cn1c[n+]([N-][N+](=O)[O-])cn1)Nc1nncs1. The average Bonchev–Trinajstić information content (AvgIpc) is 2.89. The molecule has 0 saturated heterocycles. The fourth-order valence-electron chi connectivity index (χ4n) is 1.06. The van der Waals surface area contributed by atoms with E-state index in [1.54, 1.807) is 0 Å². The molecule has 2 rings (SSSR count). The van der Waals surface area contributed by atoms with Gasteiger partial charge in [-0.1, -0.05) is 11.3 Å². The molecule has 0 radical (unpaired) electrons. The standard InChI is InChI=1S/C6H6N8O3S/c15-5(9-6-10-7-3-18-6)1-12-4-13(2-8-12)11-14(16)17/h2-4H,1H2,(H,9,10,15). The van der Waals surface area contributed by atoms with Gasteiger partial charge in [0.25, 0.3) is 12.2 Å². The maximum Gasteiger partial charge on any atom is 0.332 e. The molecule has 0 bridgehead atoms. The normalized spacial score (nSPS) is 10.0. The minimum atomic E-state index is -0.868. The van der Waals surface area contributed by atoms with Crippen LogP contribution >= 0.6 is 11.3 Å². The van der Waals surface area contributed by atoms with Crippen molar-refractivity contribution in [3.63, 3.8) is 0 Å². The second-order valence-electron chi connectivity index (χ2n) is 2.94. The van der Waals surface area contributed by atoms with Crippen molar-refractivity contribution in [3.8, 4) is 0 Å². The number of hydrogen-bond donors (Lipinski definition) is 1. The lowest BCUT2D eigenvalue weighted by molar-refractivity contribution is -0.738. The van der Waals surface area contributed by atoms with Gasteiger partial charge in [-0.25, -0.2) is 4.68 Å². The van der Waals surface area contributed by atoms with E-state index in [4.69, 9.17) is 0 Å². The second kappa shape index (κ2) is 5.13. The molecule has 0 unspecified atom stereocenters. The lowest BCUT2D eigenvalue weighted by Crippen LogP contribution is -2.29. The van der Waals surface area contributed by atoms with E-state index in [9.17, 15) is 14.9 Å². The van der Waals surface area contributed by atoms with Gasteiger partial charge < -0.3 is 10.1 Å². The van der Waals surface area contributed by atoms with Crippen molar-refractivity contribution in [2.75, 3.05) is 5.32 Å². The molecule has 11 nitrogen and oxygen atoms in total. The van der Waals surface area contributed by atoms with Crippen LogP contribution in [0.2, 0.25) is 0 Å². The number of carbonyl (C=O) groups is 1. The summed E-state index contributed by atoms with van der Waals surface area (Å²) in [6, 6.07) is 0. The quantitative estimate of drug-likeness (QED) is 0.420. The molecule has 0 aliphatic carbocycles. The van der Waals surface area contributed by atoms with Crippen LogP contribution in [0.5, 0.6) is 0 Å². The molecule has 2 heterocycles. The number of rotatable bonds is 5. The van der Waals surface area contributed by atoms with Gasteiger partial charge in [0.05, 0.1) is 0 Å². The van der Waals surface area contributed by atoms with Crippen molar-refractivity contribution in [2.45, 2.75) is 6.54 Å². The number of aromatic nitrogens is 5. The number of anilines is 1. The smallest absolute Gasteiger partial charge is 0.332 e. The minimum absolute atomic E-state index is 0.111. The van der Waals surface area contributed by atoms with Gasteiger partial charge in [-0.3, -0.25) is 15.6 Å². The maximum atomic E-state index is 11.5. The molecule has 1 amide bonds. The van der Waals surface area contributed by atoms with Gasteiger partial charge in [0.15, 0.2) is 0 Å². The zero-order chi connectivity index (χ0) is 13.0. The van der Waals surface area contributed by atoms with Crippen LogP contribution < -0.4 is 9.99 Å². The summed E-state index contributed by atoms with van der Waals surface area (Å²) < 4.78 is 2.08. The first-order valence-electron chi connectivity index (χ1n) is 4.49. The third-order valence-electron chi connectivity index (χ3n) is 1.66. The fourth-order valence-corrected chi connectivity index (χ4v) is 1.52. The van der Waals surface area contributed by atoms with Crippen molar-refractivity contribution in [1.82, 2.24) is 20.0 Å². The van der Waals surface area contributed by atoms with E-state index in [0.29, 0.717) is 5.13 Å². The highest BCUT2D eigenvalue weighted by atomic mass is 32.1. The van der Waals surface area contributed by atoms with Crippen LogP contribution in [-0.4, -0.2) is 30.9 Å². The summed E-state index contributed by atoms with van der Waals surface area (Å²) in [5, 5.41) is 23.0. The highest BCUT2D eigenvalue weighted by Crippen LogP contribution is 2.07. The Balaban J connectivity index is 1.91. The molecule has 0 atom stereocenters. The van der Waals surface area contributed by atoms with Crippen molar-refractivity contribution >= 4 is 22.4 Å². The Morgan fingerprint density at radius 3 is 3.22 bits per heavy atom. The maximum absolute atomic E-state index is 11.5. The summed E-state index contributed by atoms with van der Waals surface area (Å²) in [4.78, 5) is 21.6. The molecule has 0 aliphatic rings. The summed E-state index contributed by atoms with van der Waals surface area (Å²) >= 11 is 1.18. The predicted molar refractivity (Wildman–Crippen MR) is 56.7 cm³/mol. The van der Waals surface area contributed by atoms with Gasteiger partial charge in [0.2, 0.25) is 11.7 Å². The Kier molecular flexibility index (Phi) is 3.38. The van der Waals surface area contributed by atoms with E-state index in [-0.39, 0.29) is 12.5 Å². The molecule has 18 heavy (non-hydrogen) atoms.